The zero-order valence-corrected chi connectivity index (χ0v) is 7.01. The van der Waals surface area contributed by atoms with Crippen LogP contribution in [0.2, 0.25) is 5.15 Å². The first-order chi connectivity index (χ1) is 5.79. The van der Waals surface area contributed by atoms with Crippen LogP contribution < -0.4 is 5.32 Å². The van der Waals surface area contributed by atoms with Crippen LogP contribution in [0.4, 0.5) is 5.69 Å². The number of rotatable bonds is 1. The van der Waals surface area contributed by atoms with Crippen LogP contribution in [0.3, 0.4) is 0 Å². The van der Waals surface area contributed by atoms with Gasteiger partial charge >= 0.3 is 0 Å². The normalized spacial score (nSPS) is 19.9. The molecule has 0 spiro atoms. The van der Waals surface area contributed by atoms with Crippen LogP contribution in [-0.4, -0.2) is 17.3 Å². The van der Waals surface area contributed by atoms with Gasteiger partial charge in [-0.05, 0) is 12.1 Å². The monoisotopic (exact) mass is 182 g/mol. The highest BCUT2D eigenvalue weighted by Gasteiger charge is 2.20. The van der Waals surface area contributed by atoms with Crippen molar-refractivity contribution in [1.82, 2.24) is 4.98 Å². The molecule has 1 unspecified atom stereocenters. The molecule has 0 aromatic carbocycles. The number of hydrogen-bond donors (Lipinski definition) is 1. The number of halogens is 1. The van der Waals surface area contributed by atoms with Gasteiger partial charge in [-0.2, -0.15) is 0 Å². The number of carbonyl (C=O) groups is 1. The van der Waals surface area contributed by atoms with Crippen molar-refractivity contribution in [2.24, 2.45) is 0 Å². The quantitative estimate of drug-likeness (QED) is 0.526. The lowest BCUT2D eigenvalue weighted by Gasteiger charge is -1.99. The van der Waals surface area contributed by atoms with Gasteiger partial charge in [0.05, 0.1) is 17.4 Å². The average Bonchev–Trinajstić information content (AvgIpc) is 2.46. The molecule has 0 aliphatic carbocycles. The van der Waals surface area contributed by atoms with E-state index < -0.39 is 0 Å². The molecule has 0 fully saturated rings. The number of pyridine rings is 1. The summed E-state index contributed by atoms with van der Waals surface area (Å²) < 4.78 is 0. The van der Waals surface area contributed by atoms with Crippen molar-refractivity contribution >= 4 is 23.6 Å². The molecular weight excluding hydrogens is 176 g/mol. The first kappa shape index (κ1) is 7.55. The number of aldehydes is 1. The molecule has 2 heterocycles. The maximum atomic E-state index is 10.4. The van der Waals surface area contributed by atoms with Crippen LogP contribution in [0.25, 0.3) is 0 Å². The lowest BCUT2D eigenvalue weighted by Crippen LogP contribution is -2.16. The highest BCUT2D eigenvalue weighted by Crippen LogP contribution is 2.24. The summed E-state index contributed by atoms with van der Waals surface area (Å²) in [6.45, 7) is 0. The molecule has 12 heavy (non-hydrogen) atoms. The molecule has 1 aromatic heterocycles. The zero-order valence-electron chi connectivity index (χ0n) is 6.25. The van der Waals surface area contributed by atoms with Crippen molar-refractivity contribution in [3.63, 3.8) is 0 Å². The number of aromatic nitrogens is 1. The Kier molecular flexibility index (Phi) is 1.73. The zero-order chi connectivity index (χ0) is 8.55. The molecule has 2 rings (SSSR count). The number of carbonyl (C=O) groups excluding carboxylic acids is 1. The molecule has 0 bridgehead atoms. The summed E-state index contributed by atoms with van der Waals surface area (Å²) in [5, 5.41) is 3.50. The van der Waals surface area contributed by atoms with Gasteiger partial charge in [-0.1, -0.05) is 11.6 Å². The lowest BCUT2D eigenvalue weighted by molar-refractivity contribution is -0.108. The van der Waals surface area contributed by atoms with Gasteiger partial charge in [-0.3, -0.25) is 0 Å². The molecule has 4 heteroatoms. The summed E-state index contributed by atoms with van der Waals surface area (Å²) in [5.41, 5.74) is 1.79. The van der Waals surface area contributed by atoms with Crippen molar-refractivity contribution in [2.45, 2.75) is 12.5 Å². The molecule has 1 aliphatic heterocycles. The largest absolute Gasteiger partial charge is 0.374 e. The molecule has 0 saturated carbocycles. The minimum absolute atomic E-state index is 0.133. The fourth-order valence-corrected chi connectivity index (χ4v) is 1.47. The minimum Gasteiger partial charge on any atom is -0.374 e. The number of nitrogens with one attached hydrogen (secondary N) is 1. The molecule has 3 nitrogen and oxygen atoms in total. The first-order valence-electron chi connectivity index (χ1n) is 3.67. The van der Waals surface area contributed by atoms with Crippen LogP contribution in [0.5, 0.6) is 0 Å². The van der Waals surface area contributed by atoms with E-state index in [2.05, 4.69) is 10.3 Å². The Balaban J connectivity index is 2.35. The Morgan fingerprint density at radius 2 is 2.50 bits per heavy atom. The SMILES string of the molecule is O=CC1Cc2nc(Cl)ccc2N1. The second-order valence-corrected chi connectivity index (χ2v) is 3.11. The number of anilines is 1. The van der Waals surface area contributed by atoms with E-state index in [9.17, 15) is 4.79 Å². The van der Waals surface area contributed by atoms with E-state index >= 15 is 0 Å². The molecule has 62 valence electrons. The fraction of sp³-hybridized carbons (Fsp3) is 0.250. The Bertz CT molecular complexity index is 327. The second kappa shape index (κ2) is 2.75. The van der Waals surface area contributed by atoms with Crippen LogP contribution >= 0.6 is 11.6 Å². The molecule has 0 radical (unpaired) electrons. The number of nitrogens with zero attached hydrogens (tertiary/aromatic N) is 1. The van der Waals surface area contributed by atoms with Gasteiger partial charge in [0.25, 0.3) is 0 Å². The summed E-state index contributed by atoms with van der Waals surface area (Å²) in [5.74, 6) is 0. The third-order valence-electron chi connectivity index (χ3n) is 1.86. The van der Waals surface area contributed by atoms with Gasteiger partial charge in [0.1, 0.15) is 11.4 Å². The van der Waals surface area contributed by atoms with E-state index in [1.165, 1.54) is 0 Å². The maximum Gasteiger partial charge on any atom is 0.142 e. The highest BCUT2D eigenvalue weighted by molar-refractivity contribution is 6.29. The van der Waals surface area contributed by atoms with E-state index in [0.29, 0.717) is 11.6 Å². The number of hydrogen-bond acceptors (Lipinski definition) is 3. The van der Waals surface area contributed by atoms with Gasteiger partial charge in [0.2, 0.25) is 0 Å². The van der Waals surface area contributed by atoms with Crippen LogP contribution in [0.15, 0.2) is 12.1 Å². The van der Waals surface area contributed by atoms with Gasteiger partial charge in [0.15, 0.2) is 0 Å². The smallest absolute Gasteiger partial charge is 0.142 e. The third kappa shape index (κ3) is 1.16. The van der Waals surface area contributed by atoms with Crippen molar-refractivity contribution in [2.75, 3.05) is 5.32 Å². The molecule has 1 atom stereocenters. The third-order valence-corrected chi connectivity index (χ3v) is 2.07. The summed E-state index contributed by atoms with van der Waals surface area (Å²) in [4.78, 5) is 14.5. The molecule has 0 saturated heterocycles. The molecular formula is C8H7ClN2O. The Morgan fingerprint density at radius 1 is 1.67 bits per heavy atom. The summed E-state index contributed by atoms with van der Waals surface area (Å²) in [6.07, 6.45) is 1.52. The standard InChI is InChI=1S/C8H7ClN2O/c9-8-2-1-6-7(11-8)3-5(4-12)10-6/h1-2,4-5,10H,3H2. The van der Waals surface area contributed by atoms with E-state index in [1.807, 2.05) is 6.07 Å². The van der Waals surface area contributed by atoms with Gasteiger partial charge in [-0.25, -0.2) is 4.98 Å². The van der Waals surface area contributed by atoms with Crippen LogP contribution in [0.1, 0.15) is 5.69 Å². The average molecular weight is 183 g/mol. The topological polar surface area (TPSA) is 42.0 Å². The first-order valence-corrected chi connectivity index (χ1v) is 4.04. The molecule has 1 N–H and O–H groups in total. The highest BCUT2D eigenvalue weighted by atomic mass is 35.5. The van der Waals surface area contributed by atoms with Gasteiger partial charge < -0.3 is 10.1 Å². The lowest BCUT2D eigenvalue weighted by atomic mass is 10.2. The van der Waals surface area contributed by atoms with Crippen LogP contribution in [-0.2, 0) is 11.2 Å². The van der Waals surface area contributed by atoms with Crippen molar-refractivity contribution in [1.29, 1.82) is 0 Å². The van der Waals surface area contributed by atoms with E-state index in [-0.39, 0.29) is 6.04 Å². The predicted octanol–water partition coefficient (Wildman–Crippen LogP) is 1.27. The van der Waals surface area contributed by atoms with Crippen LogP contribution in [0, 0.1) is 0 Å². The predicted molar refractivity (Wildman–Crippen MR) is 46.4 cm³/mol. The summed E-state index contributed by atoms with van der Waals surface area (Å²) >= 11 is 5.69. The second-order valence-electron chi connectivity index (χ2n) is 2.72. The van der Waals surface area contributed by atoms with Crippen molar-refractivity contribution in [3.05, 3.63) is 23.0 Å². The number of fused-ring (bicyclic) bond motifs is 1. The van der Waals surface area contributed by atoms with E-state index in [1.54, 1.807) is 6.07 Å². The molecule has 1 aromatic rings. The van der Waals surface area contributed by atoms with Crippen molar-refractivity contribution in [3.8, 4) is 0 Å². The van der Waals surface area contributed by atoms with Gasteiger partial charge in [-0.15, -0.1) is 0 Å². The fourth-order valence-electron chi connectivity index (χ4n) is 1.30. The molecule has 0 amide bonds. The Hall–Kier alpha value is -1.09. The van der Waals surface area contributed by atoms with E-state index in [0.717, 1.165) is 17.7 Å². The van der Waals surface area contributed by atoms with Gasteiger partial charge in [0, 0.05) is 6.42 Å². The minimum atomic E-state index is -0.133. The Labute approximate surface area is 74.8 Å². The molecule has 1 aliphatic rings. The Morgan fingerprint density at radius 3 is 3.25 bits per heavy atom. The van der Waals surface area contributed by atoms with Crippen molar-refractivity contribution < 1.29 is 4.79 Å². The summed E-state index contributed by atoms with van der Waals surface area (Å²) in [7, 11) is 0. The van der Waals surface area contributed by atoms with E-state index in [4.69, 9.17) is 11.6 Å². The maximum absolute atomic E-state index is 10.4. The summed E-state index contributed by atoms with van der Waals surface area (Å²) in [6, 6.07) is 3.42.